The molecule has 18 heavy (non-hydrogen) atoms. The fraction of sp³-hybridized carbons (Fsp3) is 0.462. The molecular weight excluding hydrogens is 248 g/mol. The summed E-state index contributed by atoms with van der Waals surface area (Å²) in [5.41, 5.74) is 2.11. The molecular formula is C13H20N2O2S. The highest BCUT2D eigenvalue weighted by Crippen LogP contribution is 2.09. The van der Waals surface area contributed by atoms with Crippen LogP contribution in [0.5, 0.6) is 0 Å². The highest BCUT2D eigenvalue weighted by molar-refractivity contribution is 7.80. The second-order valence-corrected chi connectivity index (χ2v) is 4.27. The third-order valence-electron chi connectivity index (χ3n) is 2.33. The van der Waals surface area contributed by atoms with Crippen LogP contribution in [0.15, 0.2) is 24.3 Å². The molecule has 0 saturated carbocycles. The number of hydrogen-bond acceptors (Lipinski definition) is 3. The van der Waals surface area contributed by atoms with Gasteiger partial charge < -0.3 is 20.1 Å². The molecule has 0 unspecified atom stereocenters. The van der Waals surface area contributed by atoms with E-state index in [2.05, 4.69) is 10.6 Å². The Morgan fingerprint density at radius 2 is 1.89 bits per heavy atom. The molecule has 0 aromatic heterocycles. The molecule has 0 spiro atoms. The number of methoxy groups -OCH3 is 2. The number of thiocarbonyl (C=S) groups is 1. The van der Waals surface area contributed by atoms with Gasteiger partial charge in [-0.15, -0.1) is 0 Å². The molecule has 1 aromatic carbocycles. The highest BCUT2D eigenvalue weighted by Gasteiger charge is 1.97. The Balaban J connectivity index is 2.30. The minimum Gasteiger partial charge on any atom is -0.385 e. The first kappa shape index (κ1) is 14.9. The number of hydrogen-bond donors (Lipinski definition) is 2. The number of nitrogens with one attached hydrogen (secondary N) is 2. The number of anilines is 1. The minimum absolute atomic E-state index is 0.625. The quantitative estimate of drug-likeness (QED) is 0.586. The summed E-state index contributed by atoms with van der Waals surface area (Å²) < 4.78 is 10.0. The normalized spacial score (nSPS) is 10.1. The maximum absolute atomic E-state index is 5.18. The zero-order valence-electron chi connectivity index (χ0n) is 10.9. The maximum atomic E-state index is 5.18. The molecule has 0 heterocycles. The molecule has 0 atom stereocenters. The predicted molar refractivity (Wildman–Crippen MR) is 77.9 cm³/mol. The van der Waals surface area contributed by atoms with Crippen LogP contribution >= 0.6 is 12.2 Å². The second kappa shape index (κ2) is 8.85. The third kappa shape index (κ3) is 5.95. The van der Waals surface area contributed by atoms with Gasteiger partial charge in [0, 0.05) is 33.1 Å². The van der Waals surface area contributed by atoms with Crippen molar-refractivity contribution in [3.05, 3.63) is 29.8 Å². The molecule has 1 aromatic rings. The molecule has 0 radical (unpaired) electrons. The van der Waals surface area contributed by atoms with Crippen LogP contribution in [0.25, 0.3) is 0 Å². The molecule has 1 rings (SSSR count). The zero-order chi connectivity index (χ0) is 13.2. The molecule has 2 N–H and O–H groups in total. The van der Waals surface area contributed by atoms with Gasteiger partial charge in [-0.1, -0.05) is 12.1 Å². The summed E-state index contributed by atoms with van der Waals surface area (Å²) in [6.07, 6.45) is 0.936. The Bertz CT molecular complexity index is 355. The van der Waals surface area contributed by atoms with Crippen molar-refractivity contribution in [2.45, 2.75) is 13.0 Å². The van der Waals surface area contributed by atoms with E-state index in [4.69, 9.17) is 21.7 Å². The van der Waals surface area contributed by atoms with Crippen LogP contribution in [0.4, 0.5) is 5.69 Å². The molecule has 5 heteroatoms. The van der Waals surface area contributed by atoms with Crippen LogP contribution in [0.1, 0.15) is 12.0 Å². The van der Waals surface area contributed by atoms with Crippen molar-refractivity contribution in [2.75, 3.05) is 32.7 Å². The summed E-state index contributed by atoms with van der Waals surface area (Å²) in [6, 6.07) is 7.99. The van der Waals surface area contributed by atoms with E-state index in [0.717, 1.165) is 30.8 Å². The minimum atomic E-state index is 0.625. The number of rotatable bonds is 7. The highest BCUT2D eigenvalue weighted by atomic mass is 32.1. The van der Waals surface area contributed by atoms with Crippen molar-refractivity contribution < 1.29 is 9.47 Å². The molecule has 4 nitrogen and oxygen atoms in total. The summed E-state index contributed by atoms with van der Waals surface area (Å²) in [4.78, 5) is 0. The van der Waals surface area contributed by atoms with Gasteiger partial charge in [0.15, 0.2) is 5.11 Å². The molecule has 0 saturated heterocycles. The summed E-state index contributed by atoms with van der Waals surface area (Å²) in [6.45, 7) is 2.17. The van der Waals surface area contributed by atoms with E-state index in [0.29, 0.717) is 11.7 Å². The number of ether oxygens (including phenoxy) is 2. The van der Waals surface area contributed by atoms with Gasteiger partial charge in [0.05, 0.1) is 6.61 Å². The fourth-order valence-corrected chi connectivity index (χ4v) is 1.66. The van der Waals surface area contributed by atoms with Crippen molar-refractivity contribution in [3.8, 4) is 0 Å². The Hall–Kier alpha value is -1.17. The van der Waals surface area contributed by atoms with E-state index >= 15 is 0 Å². The monoisotopic (exact) mass is 268 g/mol. The average molecular weight is 268 g/mol. The van der Waals surface area contributed by atoms with Gasteiger partial charge in [0.2, 0.25) is 0 Å². The molecule has 0 aliphatic carbocycles. The molecule has 0 amide bonds. The molecule has 100 valence electrons. The topological polar surface area (TPSA) is 42.5 Å². The lowest BCUT2D eigenvalue weighted by Gasteiger charge is -2.10. The van der Waals surface area contributed by atoms with Gasteiger partial charge in [0.1, 0.15) is 0 Å². The standard InChI is InChI=1S/C13H20N2O2S/c1-16-9-3-8-14-13(18)15-12-6-4-11(5-7-12)10-17-2/h4-7H,3,8-10H2,1-2H3,(H2,14,15,18). The Kier molecular flexibility index (Phi) is 7.32. The van der Waals surface area contributed by atoms with Gasteiger partial charge in [0.25, 0.3) is 0 Å². The maximum Gasteiger partial charge on any atom is 0.170 e. The summed E-state index contributed by atoms with van der Waals surface area (Å²) in [5, 5.41) is 6.88. The first-order chi connectivity index (χ1) is 8.76. The van der Waals surface area contributed by atoms with E-state index in [1.165, 1.54) is 0 Å². The van der Waals surface area contributed by atoms with Crippen molar-refractivity contribution in [1.29, 1.82) is 0 Å². The van der Waals surface area contributed by atoms with Crippen molar-refractivity contribution >= 4 is 23.0 Å². The van der Waals surface area contributed by atoms with Gasteiger partial charge in [-0.05, 0) is 36.3 Å². The predicted octanol–water partition coefficient (Wildman–Crippen LogP) is 2.16. The molecule has 0 fully saturated rings. The van der Waals surface area contributed by atoms with Crippen molar-refractivity contribution in [3.63, 3.8) is 0 Å². The average Bonchev–Trinajstić information content (AvgIpc) is 2.37. The lowest BCUT2D eigenvalue weighted by molar-refractivity contribution is 0.185. The van der Waals surface area contributed by atoms with Crippen molar-refractivity contribution in [2.24, 2.45) is 0 Å². The van der Waals surface area contributed by atoms with Gasteiger partial charge in [-0.2, -0.15) is 0 Å². The number of benzene rings is 1. The first-order valence-electron chi connectivity index (χ1n) is 5.88. The molecule has 0 aliphatic rings. The lowest BCUT2D eigenvalue weighted by Crippen LogP contribution is -2.29. The van der Waals surface area contributed by atoms with Crippen LogP contribution in [0, 0.1) is 0 Å². The van der Waals surface area contributed by atoms with Crippen LogP contribution in [-0.2, 0) is 16.1 Å². The summed E-state index contributed by atoms with van der Waals surface area (Å²) in [7, 11) is 3.38. The van der Waals surface area contributed by atoms with E-state index in [9.17, 15) is 0 Å². The lowest BCUT2D eigenvalue weighted by atomic mass is 10.2. The first-order valence-corrected chi connectivity index (χ1v) is 6.28. The van der Waals surface area contributed by atoms with Crippen LogP contribution in [0.3, 0.4) is 0 Å². The molecule has 0 aliphatic heterocycles. The van der Waals surface area contributed by atoms with Gasteiger partial charge in [-0.3, -0.25) is 0 Å². The van der Waals surface area contributed by atoms with Crippen LogP contribution < -0.4 is 10.6 Å². The van der Waals surface area contributed by atoms with Crippen LogP contribution in [-0.4, -0.2) is 32.5 Å². The zero-order valence-corrected chi connectivity index (χ0v) is 11.7. The second-order valence-electron chi connectivity index (χ2n) is 3.86. The Morgan fingerprint density at radius 1 is 1.17 bits per heavy atom. The van der Waals surface area contributed by atoms with Crippen LogP contribution in [0.2, 0.25) is 0 Å². The smallest absolute Gasteiger partial charge is 0.170 e. The van der Waals surface area contributed by atoms with Crippen molar-refractivity contribution in [1.82, 2.24) is 5.32 Å². The SMILES string of the molecule is COCCCNC(=S)Nc1ccc(COC)cc1. The summed E-state index contributed by atoms with van der Waals surface area (Å²) >= 11 is 5.18. The van der Waals surface area contributed by atoms with E-state index in [-0.39, 0.29) is 0 Å². The van der Waals surface area contributed by atoms with E-state index in [1.807, 2.05) is 24.3 Å². The fourth-order valence-electron chi connectivity index (χ4n) is 1.44. The summed E-state index contributed by atoms with van der Waals surface area (Å²) in [5.74, 6) is 0. The Morgan fingerprint density at radius 3 is 2.50 bits per heavy atom. The van der Waals surface area contributed by atoms with E-state index < -0.39 is 0 Å². The third-order valence-corrected chi connectivity index (χ3v) is 2.58. The Labute approximate surface area is 114 Å². The molecule has 0 bridgehead atoms. The van der Waals surface area contributed by atoms with E-state index in [1.54, 1.807) is 14.2 Å². The van der Waals surface area contributed by atoms with Gasteiger partial charge >= 0.3 is 0 Å². The van der Waals surface area contributed by atoms with Gasteiger partial charge in [-0.25, -0.2) is 0 Å². The largest absolute Gasteiger partial charge is 0.385 e.